The van der Waals surface area contributed by atoms with Crippen molar-refractivity contribution in [1.29, 1.82) is 0 Å². The molecule has 0 aliphatic rings. The number of nitrogens with zero attached hydrogens (tertiary/aromatic N) is 1. The lowest BCUT2D eigenvalue weighted by Crippen LogP contribution is -2.11. The van der Waals surface area contributed by atoms with E-state index in [-0.39, 0.29) is 5.75 Å². The first-order chi connectivity index (χ1) is 8.20. The van der Waals surface area contributed by atoms with Gasteiger partial charge in [-0.2, -0.15) is 0 Å². The number of nitro groups is 1. The van der Waals surface area contributed by atoms with Crippen LogP contribution in [0, 0.1) is 10.1 Å². The molecule has 0 bridgehead atoms. The van der Waals surface area contributed by atoms with Crippen LogP contribution < -0.4 is 0 Å². The molecule has 0 aliphatic carbocycles. The zero-order chi connectivity index (χ0) is 14.1. The van der Waals surface area contributed by atoms with Gasteiger partial charge in [0.05, 0.1) is 21.1 Å². The number of sulfone groups is 1. The fourth-order valence-corrected chi connectivity index (χ4v) is 2.58. The number of hydrogen-bond acceptors (Lipinski definition) is 5. The van der Waals surface area contributed by atoms with Crippen molar-refractivity contribution >= 4 is 33.1 Å². The van der Waals surface area contributed by atoms with Crippen LogP contribution in [0.15, 0.2) is 17.0 Å². The number of rotatable bonds is 4. The molecule has 0 amide bonds. The minimum absolute atomic E-state index is 0.369. The summed E-state index contributed by atoms with van der Waals surface area (Å²) >= 11 is 5.53. The summed E-state index contributed by atoms with van der Waals surface area (Å²) in [5.41, 5.74) is -1.22. The van der Waals surface area contributed by atoms with Crippen molar-refractivity contribution in [1.82, 2.24) is 0 Å². The van der Waals surface area contributed by atoms with Gasteiger partial charge in [-0.15, -0.1) is 0 Å². The Labute approximate surface area is 107 Å². The van der Waals surface area contributed by atoms with E-state index in [0.717, 1.165) is 6.07 Å². The molecule has 0 unspecified atom stereocenters. The van der Waals surface area contributed by atoms with Crippen molar-refractivity contribution in [2.24, 2.45) is 0 Å². The lowest BCUT2D eigenvalue weighted by atomic mass is 10.2. The topological polar surface area (TPSA) is 115 Å². The van der Waals surface area contributed by atoms with E-state index in [1.165, 1.54) is 6.92 Å². The minimum Gasteiger partial charge on any atom is -0.478 e. The standard InChI is InChI=1S/C9H8ClNO6S/c1-2-18(16,17)8-4-7(11(14)15)6(10)3-5(8)9(12)13/h3-4H,2H2,1H3,(H,12,13). The Morgan fingerprint density at radius 1 is 1.50 bits per heavy atom. The highest BCUT2D eigenvalue weighted by molar-refractivity contribution is 7.91. The number of aromatic carboxylic acids is 1. The molecule has 0 saturated carbocycles. The molecular weight excluding hydrogens is 286 g/mol. The molecule has 1 aromatic rings. The number of benzene rings is 1. The second-order valence-electron chi connectivity index (χ2n) is 3.27. The first kappa shape index (κ1) is 14.4. The van der Waals surface area contributed by atoms with Crippen LogP contribution in [0.5, 0.6) is 0 Å². The van der Waals surface area contributed by atoms with E-state index in [0.29, 0.717) is 6.07 Å². The fourth-order valence-electron chi connectivity index (χ4n) is 1.26. The first-order valence-electron chi connectivity index (χ1n) is 4.64. The Kier molecular flexibility index (Phi) is 3.92. The Hall–Kier alpha value is -1.67. The molecule has 1 N–H and O–H groups in total. The van der Waals surface area contributed by atoms with Crippen LogP contribution in [0.4, 0.5) is 5.69 Å². The molecule has 98 valence electrons. The molecule has 18 heavy (non-hydrogen) atoms. The predicted octanol–water partition coefficient (Wildman–Crippen LogP) is 1.74. The highest BCUT2D eigenvalue weighted by Gasteiger charge is 2.26. The number of carboxylic acid groups (broad SMARTS) is 1. The quantitative estimate of drug-likeness (QED) is 0.668. The molecule has 0 radical (unpaired) electrons. The van der Waals surface area contributed by atoms with Crippen molar-refractivity contribution in [3.8, 4) is 0 Å². The van der Waals surface area contributed by atoms with Gasteiger partial charge in [0.25, 0.3) is 5.69 Å². The van der Waals surface area contributed by atoms with Gasteiger partial charge < -0.3 is 5.11 Å². The SMILES string of the molecule is CCS(=O)(=O)c1cc([N+](=O)[O-])c(Cl)cc1C(=O)O. The Balaban J connectivity index is 3.71. The molecule has 1 rings (SSSR count). The molecule has 0 atom stereocenters. The summed E-state index contributed by atoms with van der Waals surface area (Å²) in [6, 6.07) is 1.44. The van der Waals surface area contributed by atoms with Gasteiger partial charge in [0.1, 0.15) is 5.02 Å². The lowest BCUT2D eigenvalue weighted by molar-refractivity contribution is -0.384. The highest BCUT2D eigenvalue weighted by Crippen LogP contribution is 2.31. The van der Waals surface area contributed by atoms with E-state index in [9.17, 15) is 23.3 Å². The summed E-state index contributed by atoms with van der Waals surface area (Å²) in [6.07, 6.45) is 0. The van der Waals surface area contributed by atoms with Crippen LogP contribution in [-0.4, -0.2) is 30.2 Å². The third kappa shape index (κ3) is 2.59. The van der Waals surface area contributed by atoms with E-state index in [1.807, 2.05) is 0 Å². The minimum atomic E-state index is -3.89. The largest absolute Gasteiger partial charge is 0.478 e. The van der Waals surface area contributed by atoms with Crippen molar-refractivity contribution in [2.75, 3.05) is 5.75 Å². The normalized spacial score (nSPS) is 11.2. The van der Waals surface area contributed by atoms with Crippen LogP contribution in [-0.2, 0) is 9.84 Å². The highest BCUT2D eigenvalue weighted by atomic mass is 35.5. The van der Waals surface area contributed by atoms with Gasteiger partial charge in [0.2, 0.25) is 0 Å². The molecule has 0 heterocycles. The maximum Gasteiger partial charge on any atom is 0.337 e. The van der Waals surface area contributed by atoms with Crippen molar-refractivity contribution in [3.63, 3.8) is 0 Å². The van der Waals surface area contributed by atoms with Gasteiger partial charge in [-0.05, 0) is 6.07 Å². The Morgan fingerprint density at radius 2 is 2.06 bits per heavy atom. The van der Waals surface area contributed by atoms with Crippen molar-refractivity contribution < 1.29 is 23.2 Å². The summed E-state index contributed by atoms with van der Waals surface area (Å²) in [6.45, 7) is 1.31. The van der Waals surface area contributed by atoms with Gasteiger partial charge in [0.15, 0.2) is 9.84 Å². The van der Waals surface area contributed by atoms with Crippen LogP contribution in [0.2, 0.25) is 5.02 Å². The predicted molar refractivity (Wildman–Crippen MR) is 62.8 cm³/mol. The Morgan fingerprint density at radius 3 is 2.44 bits per heavy atom. The molecule has 0 fully saturated rings. The number of carbonyl (C=O) groups is 1. The molecule has 0 aliphatic heterocycles. The van der Waals surface area contributed by atoms with Gasteiger partial charge in [-0.25, -0.2) is 13.2 Å². The number of carboxylic acids is 1. The molecule has 1 aromatic carbocycles. The summed E-state index contributed by atoms with van der Waals surface area (Å²) in [5.74, 6) is -1.88. The maximum absolute atomic E-state index is 11.7. The first-order valence-corrected chi connectivity index (χ1v) is 6.67. The van der Waals surface area contributed by atoms with Gasteiger partial charge >= 0.3 is 5.97 Å². The summed E-state index contributed by atoms with van der Waals surface area (Å²) in [5, 5.41) is 19.1. The van der Waals surface area contributed by atoms with E-state index in [4.69, 9.17) is 16.7 Å². The molecule has 9 heteroatoms. The van der Waals surface area contributed by atoms with E-state index < -0.39 is 41.9 Å². The van der Waals surface area contributed by atoms with Crippen LogP contribution >= 0.6 is 11.6 Å². The van der Waals surface area contributed by atoms with Crippen molar-refractivity contribution in [3.05, 3.63) is 32.8 Å². The van der Waals surface area contributed by atoms with Gasteiger partial charge in [0, 0.05) is 6.07 Å². The van der Waals surface area contributed by atoms with Crippen LogP contribution in [0.25, 0.3) is 0 Å². The fraction of sp³-hybridized carbons (Fsp3) is 0.222. The lowest BCUT2D eigenvalue weighted by Gasteiger charge is -2.06. The third-order valence-electron chi connectivity index (χ3n) is 2.19. The maximum atomic E-state index is 11.7. The number of halogens is 1. The van der Waals surface area contributed by atoms with Gasteiger partial charge in [-0.3, -0.25) is 10.1 Å². The average Bonchev–Trinajstić information content (AvgIpc) is 2.27. The average molecular weight is 294 g/mol. The second-order valence-corrected chi connectivity index (χ2v) is 5.92. The number of hydrogen-bond donors (Lipinski definition) is 1. The summed E-state index contributed by atoms with van der Waals surface area (Å²) in [7, 11) is -3.89. The third-order valence-corrected chi connectivity index (χ3v) is 4.26. The smallest absolute Gasteiger partial charge is 0.337 e. The Bertz CT molecular complexity index is 624. The van der Waals surface area contributed by atoms with E-state index in [2.05, 4.69) is 0 Å². The van der Waals surface area contributed by atoms with Crippen LogP contribution in [0.1, 0.15) is 17.3 Å². The molecule has 0 spiro atoms. The second kappa shape index (κ2) is 4.91. The summed E-state index contributed by atoms with van der Waals surface area (Å²) in [4.78, 5) is 20.1. The van der Waals surface area contributed by atoms with Crippen molar-refractivity contribution in [2.45, 2.75) is 11.8 Å². The molecule has 7 nitrogen and oxygen atoms in total. The van der Waals surface area contributed by atoms with E-state index >= 15 is 0 Å². The molecule has 0 aromatic heterocycles. The zero-order valence-corrected chi connectivity index (χ0v) is 10.7. The van der Waals surface area contributed by atoms with Gasteiger partial charge in [-0.1, -0.05) is 18.5 Å². The monoisotopic (exact) mass is 293 g/mol. The molecule has 0 saturated heterocycles. The zero-order valence-electron chi connectivity index (χ0n) is 9.08. The van der Waals surface area contributed by atoms with E-state index in [1.54, 1.807) is 0 Å². The number of nitro benzene ring substituents is 1. The summed E-state index contributed by atoms with van der Waals surface area (Å²) < 4.78 is 23.4. The molecular formula is C9H8ClNO6S. The van der Waals surface area contributed by atoms with Crippen LogP contribution in [0.3, 0.4) is 0 Å².